The summed E-state index contributed by atoms with van der Waals surface area (Å²) in [4.78, 5) is 2.24. The minimum absolute atomic E-state index is 0.170. The number of rotatable bonds is 8. The molecule has 1 atom stereocenters. The van der Waals surface area contributed by atoms with E-state index >= 15 is 0 Å². The maximum absolute atomic E-state index is 8.69. The maximum atomic E-state index is 8.69. The Hall–Kier alpha value is -1.37. The molecule has 1 aromatic carbocycles. The third-order valence-electron chi connectivity index (χ3n) is 3.66. The Balaban J connectivity index is 2.51. The molecule has 3 nitrogen and oxygen atoms in total. The molecule has 0 amide bonds. The highest BCUT2D eigenvalue weighted by molar-refractivity contribution is 5.19. The first-order valence-electron chi connectivity index (χ1n) is 7.25. The van der Waals surface area contributed by atoms with Crippen molar-refractivity contribution in [1.82, 2.24) is 10.2 Å². The van der Waals surface area contributed by atoms with Crippen LogP contribution in [0.15, 0.2) is 30.3 Å². The highest BCUT2D eigenvalue weighted by Gasteiger charge is 2.19. The van der Waals surface area contributed by atoms with Crippen LogP contribution in [0.1, 0.15) is 38.3 Å². The number of nitrogens with zero attached hydrogens (tertiary/aromatic N) is 2. The second-order valence-electron chi connectivity index (χ2n) is 6.34. The Morgan fingerprint density at radius 2 is 1.90 bits per heavy atom. The van der Waals surface area contributed by atoms with Crippen LogP contribution < -0.4 is 5.32 Å². The molecule has 0 aliphatic heterocycles. The summed E-state index contributed by atoms with van der Waals surface area (Å²) >= 11 is 0. The van der Waals surface area contributed by atoms with Gasteiger partial charge in [0.2, 0.25) is 0 Å². The van der Waals surface area contributed by atoms with E-state index in [1.165, 1.54) is 5.56 Å². The molecule has 110 valence electrons. The number of hydrogen-bond acceptors (Lipinski definition) is 3. The molecule has 0 saturated heterocycles. The molecule has 0 aliphatic carbocycles. The average Bonchev–Trinajstić information content (AvgIpc) is 2.42. The van der Waals surface area contributed by atoms with Crippen molar-refractivity contribution in [2.75, 3.05) is 27.2 Å². The zero-order valence-electron chi connectivity index (χ0n) is 13.2. The van der Waals surface area contributed by atoms with E-state index in [-0.39, 0.29) is 5.41 Å². The topological polar surface area (TPSA) is 39.1 Å². The van der Waals surface area contributed by atoms with Crippen LogP contribution in [-0.4, -0.2) is 32.1 Å². The smallest absolute Gasteiger partial charge is 0.0621 e. The fourth-order valence-electron chi connectivity index (χ4n) is 2.30. The largest absolute Gasteiger partial charge is 0.314 e. The van der Waals surface area contributed by atoms with Crippen molar-refractivity contribution < 1.29 is 0 Å². The van der Waals surface area contributed by atoms with Crippen LogP contribution in [0.5, 0.6) is 0 Å². The minimum atomic E-state index is 0.170. The summed E-state index contributed by atoms with van der Waals surface area (Å²) in [5.41, 5.74) is 1.50. The molecular formula is C17H27N3. The van der Waals surface area contributed by atoms with E-state index in [2.05, 4.69) is 74.6 Å². The Morgan fingerprint density at radius 3 is 2.45 bits per heavy atom. The molecule has 0 bridgehead atoms. The van der Waals surface area contributed by atoms with E-state index in [9.17, 15) is 0 Å². The number of hydrogen-bond donors (Lipinski definition) is 1. The summed E-state index contributed by atoms with van der Waals surface area (Å²) in [5, 5.41) is 12.3. The summed E-state index contributed by atoms with van der Waals surface area (Å²) < 4.78 is 0. The second kappa shape index (κ2) is 8.04. The minimum Gasteiger partial charge on any atom is -0.314 e. The van der Waals surface area contributed by atoms with Crippen LogP contribution in [0, 0.1) is 16.7 Å². The summed E-state index contributed by atoms with van der Waals surface area (Å²) in [6.07, 6.45) is 1.57. The van der Waals surface area contributed by atoms with Gasteiger partial charge in [-0.15, -0.1) is 0 Å². The first-order chi connectivity index (χ1) is 9.46. The summed E-state index contributed by atoms with van der Waals surface area (Å²) in [5.74, 6) is 0. The zero-order chi connectivity index (χ0) is 15.0. The van der Waals surface area contributed by atoms with Gasteiger partial charge >= 0.3 is 0 Å². The quantitative estimate of drug-likeness (QED) is 0.790. The summed E-state index contributed by atoms with van der Waals surface area (Å²) in [7, 11) is 4.22. The Morgan fingerprint density at radius 1 is 1.25 bits per heavy atom. The van der Waals surface area contributed by atoms with Crippen LogP contribution in [0.2, 0.25) is 0 Å². The zero-order valence-corrected chi connectivity index (χ0v) is 13.2. The number of nitriles is 1. The molecule has 0 spiro atoms. The van der Waals surface area contributed by atoms with Gasteiger partial charge in [-0.3, -0.25) is 0 Å². The SMILES string of the molecule is CN(C)C(CNCC(C)(C)CCC#N)c1ccccc1. The van der Waals surface area contributed by atoms with Crippen LogP contribution in [0.4, 0.5) is 0 Å². The first kappa shape index (κ1) is 16.7. The predicted molar refractivity (Wildman–Crippen MR) is 84.4 cm³/mol. The van der Waals surface area contributed by atoms with Crippen LogP contribution in [0.25, 0.3) is 0 Å². The van der Waals surface area contributed by atoms with Crippen molar-refractivity contribution in [3.8, 4) is 6.07 Å². The fraction of sp³-hybridized carbons (Fsp3) is 0.588. The van der Waals surface area contributed by atoms with E-state index in [4.69, 9.17) is 5.26 Å². The second-order valence-corrected chi connectivity index (χ2v) is 6.34. The Kier molecular flexibility index (Phi) is 6.70. The maximum Gasteiger partial charge on any atom is 0.0621 e. The molecule has 3 heteroatoms. The molecule has 1 aromatic rings. The van der Waals surface area contributed by atoms with Gasteiger partial charge in [-0.2, -0.15) is 5.26 Å². The van der Waals surface area contributed by atoms with E-state index in [0.717, 1.165) is 19.5 Å². The highest BCUT2D eigenvalue weighted by atomic mass is 15.1. The van der Waals surface area contributed by atoms with Gasteiger partial charge in [0.25, 0.3) is 0 Å². The van der Waals surface area contributed by atoms with Crippen LogP contribution in [0.3, 0.4) is 0 Å². The van der Waals surface area contributed by atoms with Crippen LogP contribution >= 0.6 is 0 Å². The molecule has 1 N–H and O–H groups in total. The van der Waals surface area contributed by atoms with Gasteiger partial charge in [0.15, 0.2) is 0 Å². The molecule has 20 heavy (non-hydrogen) atoms. The number of benzene rings is 1. The van der Waals surface area contributed by atoms with E-state index in [1.807, 2.05) is 0 Å². The molecule has 0 fully saturated rings. The first-order valence-corrected chi connectivity index (χ1v) is 7.25. The van der Waals surface area contributed by atoms with Gasteiger partial charge in [-0.1, -0.05) is 44.2 Å². The van der Waals surface area contributed by atoms with E-state index < -0.39 is 0 Å². The van der Waals surface area contributed by atoms with Gasteiger partial charge in [0, 0.05) is 25.6 Å². The van der Waals surface area contributed by atoms with Gasteiger partial charge in [0.05, 0.1) is 6.07 Å². The van der Waals surface area contributed by atoms with Crippen molar-refractivity contribution in [2.45, 2.75) is 32.7 Å². The van der Waals surface area contributed by atoms with E-state index in [1.54, 1.807) is 0 Å². The molecule has 0 aromatic heterocycles. The van der Waals surface area contributed by atoms with Crippen molar-refractivity contribution in [3.05, 3.63) is 35.9 Å². The molecule has 0 heterocycles. The lowest BCUT2D eigenvalue weighted by molar-refractivity contribution is 0.260. The molecule has 0 saturated carbocycles. The summed E-state index contributed by atoms with van der Waals surface area (Å²) in [6.45, 7) is 6.29. The standard InChI is InChI=1S/C17H27N3/c1-17(2,11-8-12-18)14-19-13-16(20(3)4)15-9-6-5-7-10-15/h5-7,9-10,16,19H,8,11,13-14H2,1-4H3. The van der Waals surface area contributed by atoms with Crippen molar-refractivity contribution >= 4 is 0 Å². The molecule has 0 aliphatic rings. The third kappa shape index (κ3) is 5.73. The lowest BCUT2D eigenvalue weighted by Crippen LogP contribution is -2.36. The lowest BCUT2D eigenvalue weighted by Gasteiger charge is -2.29. The lowest BCUT2D eigenvalue weighted by atomic mass is 9.88. The van der Waals surface area contributed by atoms with Gasteiger partial charge in [-0.25, -0.2) is 0 Å². The van der Waals surface area contributed by atoms with Crippen molar-refractivity contribution in [2.24, 2.45) is 5.41 Å². The Labute approximate surface area is 123 Å². The van der Waals surface area contributed by atoms with Crippen molar-refractivity contribution in [3.63, 3.8) is 0 Å². The molecule has 1 unspecified atom stereocenters. The van der Waals surface area contributed by atoms with Gasteiger partial charge in [-0.05, 0) is 31.5 Å². The van der Waals surface area contributed by atoms with E-state index in [0.29, 0.717) is 12.5 Å². The molecular weight excluding hydrogens is 246 g/mol. The van der Waals surface area contributed by atoms with Gasteiger partial charge in [0.1, 0.15) is 0 Å². The normalized spacial score (nSPS) is 13.2. The number of likely N-dealkylation sites (N-methyl/N-ethyl adjacent to an activating group) is 1. The highest BCUT2D eigenvalue weighted by Crippen LogP contribution is 2.22. The third-order valence-corrected chi connectivity index (χ3v) is 3.66. The number of nitrogens with one attached hydrogen (secondary N) is 1. The van der Waals surface area contributed by atoms with Crippen LogP contribution in [-0.2, 0) is 0 Å². The fourth-order valence-corrected chi connectivity index (χ4v) is 2.30. The molecule has 1 rings (SSSR count). The van der Waals surface area contributed by atoms with Crippen molar-refractivity contribution in [1.29, 1.82) is 5.26 Å². The average molecular weight is 273 g/mol. The summed E-state index contributed by atoms with van der Waals surface area (Å²) in [6, 6.07) is 13.2. The molecule has 0 radical (unpaired) electrons. The van der Waals surface area contributed by atoms with Gasteiger partial charge < -0.3 is 10.2 Å². The predicted octanol–water partition coefficient (Wildman–Crippen LogP) is 3.21. The monoisotopic (exact) mass is 273 g/mol. The Bertz CT molecular complexity index is 418.